The van der Waals surface area contributed by atoms with E-state index in [4.69, 9.17) is 4.84 Å². The second kappa shape index (κ2) is 7.05. The van der Waals surface area contributed by atoms with Gasteiger partial charge in [0.05, 0.1) is 7.11 Å². The molecule has 2 aromatic rings. The molecule has 2 aromatic carbocycles. The van der Waals surface area contributed by atoms with Gasteiger partial charge in [-0.05, 0) is 30.5 Å². The van der Waals surface area contributed by atoms with Crippen molar-refractivity contribution >= 4 is 11.5 Å². The standard InChI is InChI=1S/C19H21NO2/c1-14-10-15(2)12-17(11-14)18(13-19(21)20(3)22-4)16-8-6-5-7-9-16/h5-13H,1-4H3/b18-13+. The van der Waals surface area contributed by atoms with Crippen LogP contribution in [0.25, 0.3) is 5.57 Å². The highest BCUT2D eigenvalue weighted by atomic mass is 16.7. The fraction of sp³-hybridized carbons (Fsp3) is 0.211. The molecule has 0 aromatic heterocycles. The van der Waals surface area contributed by atoms with Gasteiger partial charge < -0.3 is 0 Å². The van der Waals surface area contributed by atoms with Gasteiger partial charge in [0.15, 0.2) is 0 Å². The maximum atomic E-state index is 12.2. The lowest BCUT2D eigenvalue weighted by molar-refractivity contribution is -0.162. The van der Waals surface area contributed by atoms with Crippen LogP contribution in [0.3, 0.4) is 0 Å². The summed E-state index contributed by atoms with van der Waals surface area (Å²) in [4.78, 5) is 17.2. The van der Waals surface area contributed by atoms with Crippen LogP contribution >= 0.6 is 0 Å². The van der Waals surface area contributed by atoms with E-state index < -0.39 is 0 Å². The van der Waals surface area contributed by atoms with E-state index in [0.29, 0.717) is 0 Å². The smallest absolute Gasteiger partial charge is 0.270 e. The Morgan fingerprint density at radius 3 is 2.14 bits per heavy atom. The van der Waals surface area contributed by atoms with E-state index in [9.17, 15) is 4.79 Å². The van der Waals surface area contributed by atoms with Crippen molar-refractivity contribution in [1.82, 2.24) is 5.06 Å². The summed E-state index contributed by atoms with van der Waals surface area (Å²) in [5, 5.41) is 1.21. The van der Waals surface area contributed by atoms with Crippen LogP contribution in [0.4, 0.5) is 0 Å². The normalized spacial score (nSPS) is 11.4. The van der Waals surface area contributed by atoms with E-state index in [1.54, 1.807) is 13.1 Å². The van der Waals surface area contributed by atoms with E-state index in [0.717, 1.165) is 16.7 Å². The van der Waals surface area contributed by atoms with Gasteiger partial charge in [0.25, 0.3) is 5.91 Å². The molecule has 22 heavy (non-hydrogen) atoms. The third-order valence-corrected chi connectivity index (χ3v) is 3.47. The molecule has 0 aliphatic rings. The summed E-state index contributed by atoms with van der Waals surface area (Å²) in [5.41, 5.74) is 5.27. The molecule has 0 saturated heterocycles. The molecule has 0 heterocycles. The maximum absolute atomic E-state index is 12.2. The maximum Gasteiger partial charge on any atom is 0.270 e. The first-order valence-corrected chi connectivity index (χ1v) is 7.19. The molecule has 0 unspecified atom stereocenters. The summed E-state index contributed by atoms with van der Waals surface area (Å²) < 4.78 is 0. The summed E-state index contributed by atoms with van der Waals surface area (Å²) in [6, 6.07) is 16.2. The van der Waals surface area contributed by atoms with Crippen molar-refractivity contribution in [3.8, 4) is 0 Å². The Labute approximate surface area is 131 Å². The number of likely N-dealkylation sites (N-methyl/N-ethyl adjacent to an activating group) is 1. The van der Waals surface area contributed by atoms with Gasteiger partial charge in [0.2, 0.25) is 0 Å². The second-order valence-electron chi connectivity index (χ2n) is 5.32. The highest BCUT2D eigenvalue weighted by Crippen LogP contribution is 2.25. The molecule has 0 radical (unpaired) electrons. The summed E-state index contributed by atoms with van der Waals surface area (Å²) in [6.07, 6.45) is 1.62. The van der Waals surface area contributed by atoms with Gasteiger partial charge in [-0.25, -0.2) is 5.06 Å². The van der Waals surface area contributed by atoms with Gasteiger partial charge >= 0.3 is 0 Å². The molecule has 0 aliphatic carbocycles. The predicted molar refractivity (Wildman–Crippen MR) is 89.2 cm³/mol. The van der Waals surface area contributed by atoms with Crippen LogP contribution < -0.4 is 0 Å². The number of rotatable bonds is 4. The van der Waals surface area contributed by atoms with E-state index in [-0.39, 0.29) is 5.91 Å². The molecule has 0 bridgehead atoms. The lowest BCUT2D eigenvalue weighted by Crippen LogP contribution is -2.23. The average Bonchev–Trinajstić information content (AvgIpc) is 2.51. The fourth-order valence-corrected chi connectivity index (χ4v) is 2.39. The highest BCUT2D eigenvalue weighted by Gasteiger charge is 2.11. The van der Waals surface area contributed by atoms with Crippen LogP contribution in [-0.4, -0.2) is 25.1 Å². The number of hydrogen-bond acceptors (Lipinski definition) is 2. The van der Waals surface area contributed by atoms with Crippen LogP contribution in [-0.2, 0) is 9.63 Å². The molecular weight excluding hydrogens is 274 g/mol. The van der Waals surface area contributed by atoms with Gasteiger partial charge in [-0.1, -0.05) is 59.7 Å². The van der Waals surface area contributed by atoms with Gasteiger partial charge in [-0.3, -0.25) is 9.63 Å². The number of carbonyl (C=O) groups excluding carboxylic acids is 1. The number of aryl methyl sites for hydroxylation is 2. The Balaban J connectivity index is 2.55. The molecule has 0 saturated carbocycles. The fourth-order valence-electron chi connectivity index (χ4n) is 2.39. The zero-order chi connectivity index (χ0) is 16.1. The second-order valence-corrected chi connectivity index (χ2v) is 5.32. The van der Waals surface area contributed by atoms with E-state index in [2.05, 4.69) is 32.0 Å². The topological polar surface area (TPSA) is 29.5 Å². The summed E-state index contributed by atoms with van der Waals surface area (Å²) in [5.74, 6) is -0.194. The monoisotopic (exact) mass is 295 g/mol. The molecule has 2 rings (SSSR count). The predicted octanol–water partition coefficient (Wildman–Crippen LogP) is 3.75. The summed E-state index contributed by atoms with van der Waals surface area (Å²) in [6.45, 7) is 4.12. The van der Waals surface area contributed by atoms with Gasteiger partial charge in [0, 0.05) is 13.1 Å². The van der Waals surface area contributed by atoms with Crippen molar-refractivity contribution in [2.45, 2.75) is 13.8 Å². The Morgan fingerprint density at radius 2 is 1.59 bits per heavy atom. The van der Waals surface area contributed by atoms with Crippen molar-refractivity contribution in [2.75, 3.05) is 14.2 Å². The van der Waals surface area contributed by atoms with Crippen LogP contribution in [0, 0.1) is 13.8 Å². The lowest BCUT2D eigenvalue weighted by atomic mass is 9.94. The lowest BCUT2D eigenvalue weighted by Gasteiger charge is -2.14. The first-order valence-electron chi connectivity index (χ1n) is 7.19. The molecule has 0 aliphatic heterocycles. The van der Waals surface area contributed by atoms with Gasteiger partial charge in [0.1, 0.15) is 0 Å². The van der Waals surface area contributed by atoms with E-state index >= 15 is 0 Å². The molecule has 114 valence electrons. The quantitative estimate of drug-likeness (QED) is 0.635. The van der Waals surface area contributed by atoms with Gasteiger partial charge in [-0.15, -0.1) is 0 Å². The Hall–Kier alpha value is -2.39. The third-order valence-electron chi connectivity index (χ3n) is 3.47. The molecule has 0 N–H and O–H groups in total. The highest BCUT2D eigenvalue weighted by molar-refractivity contribution is 5.98. The summed E-state index contributed by atoms with van der Waals surface area (Å²) in [7, 11) is 3.08. The Kier molecular flexibility index (Phi) is 5.12. The molecule has 3 nitrogen and oxygen atoms in total. The average molecular weight is 295 g/mol. The van der Waals surface area contributed by atoms with E-state index in [1.807, 2.05) is 30.3 Å². The summed E-state index contributed by atoms with van der Waals surface area (Å²) >= 11 is 0. The number of hydrogen-bond donors (Lipinski definition) is 0. The van der Waals surface area contributed by atoms with Crippen molar-refractivity contribution in [3.63, 3.8) is 0 Å². The first kappa shape index (κ1) is 16.0. The zero-order valence-electron chi connectivity index (χ0n) is 13.5. The third kappa shape index (κ3) is 3.83. The largest absolute Gasteiger partial charge is 0.274 e. The first-order chi connectivity index (χ1) is 10.5. The van der Waals surface area contributed by atoms with Crippen LogP contribution in [0.2, 0.25) is 0 Å². The molecular formula is C19H21NO2. The Bertz CT molecular complexity index is 670. The van der Waals surface area contributed by atoms with E-state index in [1.165, 1.54) is 23.3 Å². The minimum absolute atomic E-state index is 0.194. The van der Waals surface area contributed by atoms with Crippen LogP contribution in [0.5, 0.6) is 0 Å². The Morgan fingerprint density at radius 1 is 1.00 bits per heavy atom. The van der Waals surface area contributed by atoms with Crippen molar-refractivity contribution in [1.29, 1.82) is 0 Å². The molecule has 0 spiro atoms. The number of hydroxylamine groups is 2. The minimum Gasteiger partial charge on any atom is -0.274 e. The van der Waals surface area contributed by atoms with Gasteiger partial charge in [-0.2, -0.15) is 0 Å². The molecule has 0 atom stereocenters. The van der Waals surface area contributed by atoms with Crippen LogP contribution in [0.1, 0.15) is 22.3 Å². The number of carbonyl (C=O) groups is 1. The van der Waals surface area contributed by atoms with Crippen LogP contribution in [0.15, 0.2) is 54.6 Å². The number of benzene rings is 2. The molecule has 0 fully saturated rings. The number of amides is 1. The van der Waals surface area contributed by atoms with Crippen molar-refractivity contribution < 1.29 is 9.63 Å². The number of nitrogens with zero attached hydrogens (tertiary/aromatic N) is 1. The molecule has 3 heteroatoms. The van der Waals surface area contributed by atoms with Crippen molar-refractivity contribution in [2.24, 2.45) is 0 Å². The SMILES string of the molecule is CON(C)C(=O)/C=C(\c1ccccc1)c1cc(C)cc(C)c1. The minimum atomic E-state index is -0.194. The zero-order valence-corrected chi connectivity index (χ0v) is 13.5. The van der Waals surface area contributed by atoms with Crippen molar-refractivity contribution in [3.05, 3.63) is 76.9 Å². The molecule has 1 amide bonds.